The third-order valence-electron chi connectivity index (χ3n) is 5.04. The number of rotatable bonds is 7. The Morgan fingerprint density at radius 1 is 1.20 bits per heavy atom. The van der Waals surface area contributed by atoms with Crippen molar-refractivity contribution in [3.63, 3.8) is 0 Å². The van der Waals surface area contributed by atoms with Gasteiger partial charge in [0, 0.05) is 38.8 Å². The van der Waals surface area contributed by atoms with Gasteiger partial charge < -0.3 is 9.42 Å². The number of thiophene rings is 1. The molecule has 3 aromatic rings. The van der Waals surface area contributed by atoms with Crippen molar-refractivity contribution in [2.75, 3.05) is 26.2 Å². The Morgan fingerprint density at radius 3 is 2.77 bits per heavy atom. The molecule has 0 bridgehead atoms. The van der Waals surface area contributed by atoms with Crippen LogP contribution in [0.15, 0.2) is 39.0 Å². The first-order valence-corrected chi connectivity index (χ1v) is 11.0. The molecule has 4 heterocycles. The van der Waals surface area contributed by atoms with Crippen LogP contribution in [0.3, 0.4) is 0 Å². The number of aromatic nitrogens is 4. The maximum atomic E-state index is 12.8. The van der Waals surface area contributed by atoms with Gasteiger partial charge in [-0.05, 0) is 23.9 Å². The molecule has 1 amide bonds. The lowest BCUT2D eigenvalue weighted by Gasteiger charge is -2.33. The van der Waals surface area contributed by atoms with Crippen LogP contribution in [-0.4, -0.2) is 61.8 Å². The minimum atomic E-state index is -0.175. The van der Waals surface area contributed by atoms with E-state index in [2.05, 4.69) is 27.1 Å². The van der Waals surface area contributed by atoms with E-state index in [0.717, 1.165) is 17.7 Å². The van der Waals surface area contributed by atoms with E-state index in [0.29, 0.717) is 56.7 Å². The largest absolute Gasteiger partial charge is 0.338 e. The lowest BCUT2D eigenvalue weighted by Crippen LogP contribution is -2.48. The third-order valence-corrected chi connectivity index (χ3v) is 5.90. The Hall–Kier alpha value is -2.85. The van der Waals surface area contributed by atoms with E-state index >= 15 is 0 Å². The monoisotopic (exact) mass is 428 g/mol. The molecule has 0 atom stereocenters. The molecule has 1 aliphatic rings. The zero-order valence-corrected chi connectivity index (χ0v) is 17.7. The topological polar surface area (TPSA) is 97.4 Å². The van der Waals surface area contributed by atoms with Crippen molar-refractivity contribution in [1.29, 1.82) is 0 Å². The molecule has 0 aromatic carbocycles. The number of aryl methyl sites for hydroxylation is 1. The summed E-state index contributed by atoms with van der Waals surface area (Å²) in [6, 6.07) is 6.86. The summed E-state index contributed by atoms with van der Waals surface area (Å²) in [4.78, 5) is 34.1. The number of hydrogen-bond acceptors (Lipinski definition) is 8. The predicted molar refractivity (Wildman–Crippen MR) is 112 cm³/mol. The summed E-state index contributed by atoms with van der Waals surface area (Å²) in [7, 11) is 0. The average Bonchev–Trinajstić information content (AvgIpc) is 3.45. The molecule has 1 fully saturated rings. The van der Waals surface area contributed by atoms with Crippen molar-refractivity contribution in [3.8, 4) is 10.7 Å². The van der Waals surface area contributed by atoms with Gasteiger partial charge in [0.1, 0.15) is 5.69 Å². The molecule has 1 aliphatic heterocycles. The normalized spacial score (nSPS) is 14.9. The summed E-state index contributed by atoms with van der Waals surface area (Å²) in [5.41, 5.74) is 0.142. The number of carbonyl (C=O) groups excluding carboxylic acids is 1. The van der Waals surface area contributed by atoms with Crippen LogP contribution in [-0.2, 0) is 13.1 Å². The lowest BCUT2D eigenvalue weighted by molar-refractivity contribution is 0.0606. The van der Waals surface area contributed by atoms with Crippen molar-refractivity contribution in [3.05, 3.63) is 51.6 Å². The standard InChI is InChI=1S/C20H24N6O3S/c1-2-3-8-26-18(27)7-6-15(22-26)20(28)25-11-9-24(10-12-25)14-17-21-19(23-29-17)16-5-4-13-30-16/h4-7,13H,2-3,8-12,14H2,1H3. The third kappa shape index (κ3) is 4.65. The number of hydrogen-bond donors (Lipinski definition) is 0. The highest BCUT2D eigenvalue weighted by Crippen LogP contribution is 2.21. The summed E-state index contributed by atoms with van der Waals surface area (Å²) in [6.45, 7) is 5.72. The Bertz CT molecular complexity index is 1040. The molecule has 10 heteroatoms. The second-order valence-corrected chi connectivity index (χ2v) is 8.14. The van der Waals surface area contributed by atoms with Crippen LogP contribution in [0.5, 0.6) is 0 Å². The number of unbranched alkanes of at least 4 members (excludes halogenated alkanes) is 1. The molecular formula is C20H24N6O3S. The maximum absolute atomic E-state index is 12.8. The summed E-state index contributed by atoms with van der Waals surface area (Å²) in [5, 5.41) is 10.3. The Labute approximate surface area is 177 Å². The van der Waals surface area contributed by atoms with Gasteiger partial charge in [-0.2, -0.15) is 10.1 Å². The minimum absolute atomic E-state index is 0.141. The fraction of sp³-hybridized carbons (Fsp3) is 0.450. The SMILES string of the molecule is CCCCn1nc(C(=O)N2CCN(Cc3nc(-c4cccs4)no3)CC2)ccc1=O. The van der Waals surface area contributed by atoms with Crippen LogP contribution >= 0.6 is 11.3 Å². The van der Waals surface area contributed by atoms with Crippen LogP contribution < -0.4 is 5.56 Å². The Balaban J connectivity index is 1.33. The van der Waals surface area contributed by atoms with Gasteiger partial charge in [-0.25, -0.2) is 4.68 Å². The van der Waals surface area contributed by atoms with Gasteiger partial charge in [-0.3, -0.25) is 14.5 Å². The van der Waals surface area contributed by atoms with Gasteiger partial charge in [0.25, 0.3) is 11.5 Å². The van der Waals surface area contributed by atoms with E-state index in [1.54, 1.807) is 16.2 Å². The quantitative estimate of drug-likeness (QED) is 0.568. The maximum Gasteiger partial charge on any atom is 0.274 e. The highest BCUT2D eigenvalue weighted by molar-refractivity contribution is 7.13. The van der Waals surface area contributed by atoms with Gasteiger partial charge in [-0.15, -0.1) is 11.3 Å². The molecule has 158 valence electrons. The number of nitrogens with zero attached hydrogens (tertiary/aromatic N) is 6. The van der Waals surface area contributed by atoms with Crippen molar-refractivity contribution >= 4 is 17.2 Å². The predicted octanol–water partition coefficient (Wildman–Crippen LogP) is 2.11. The Kier molecular flexibility index (Phi) is 6.34. The minimum Gasteiger partial charge on any atom is -0.338 e. The van der Waals surface area contributed by atoms with Crippen LogP contribution in [0.1, 0.15) is 36.1 Å². The van der Waals surface area contributed by atoms with Crippen molar-refractivity contribution in [1.82, 2.24) is 29.7 Å². The molecule has 0 radical (unpaired) electrons. The fourth-order valence-electron chi connectivity index (χ4n) is 3.32. The first-order chi connectivity index (χ1) is 14.6. The summed E-state index contributed by atoms with van der Waals surface area (Å²) in [5.74, 6) is 1.04. The molecule has 0 saturated carbocycles. The summed E-state index contributed by atoms with van der Waals surface area (Å²) < 4.78 is 6.76. The van der Waals surface area contributed by atoms with Crippen LogP contribution in [0.4, 0.5) is 0 Å². The summed E-state index contributed by atoms with van der Waals surface area (Å²) in [6.07, 6.45) is 1.82. The van der Waals surface area contributed by atoms with E-state index in [-0.39, 0.29) is 11.5 Å². The highest BCUT2D eigenvalue weighted by atomic mass is 32.1. The lowest BCUT2D eigenvalue weighted by atomic mass is 10.2. The highest BCUT2D eigenvalue weighted by Gasteiger charge is 2.24. The van der Waals surface area contributed by atoms with Crippen LogP contribution in [0, 0.1) is 0 Å². The zero-order valence-electron chi connectivity index (χ0n) is 16.9. The van der Waals surface area contributed by atoms with E-state index in [9.17, 15) is 9.59 Å². The van der Waals surface area contributed by atoms with Gasteiger partial charge >= 0.3 is 0 Å². The molecule has 4 rings (SSSR count). The van der Waals surface area contributed by atoms with Gasteiger partial charge in [0.15, 0.2) is 0 Å². The van der Waals surface area contributed by atoms with Crippen molar-refractivity contribution in [2.45, 2.75) is 32.9 Å². The number of carbonyl (C=O) groups is 1. The zero-order chi connectivity index (χ0) is 20.9. The molecule has 9 nitrogen and oxygen atoms in total. The summed E-state index contributed by atoms with van der Waals surface area (Å²) >= 11 is 1.57. The van der Waals surface area contributed by atoms with E-state index in [4.69, 9.17) is 4.52 Å². The second-order valence-electron chi connectivity index (χ2n) is 7.19. The van der Waals surface area contributed by atoms with Gasteiger partial charge in [-0.1, -0.05) is 24.6 Å². The molecule has 0 spiro atoms. The smallest absolute Gasteiger partial charge is 0.274 e. The first kappa shape index (κ1) is 20.4. The Morgan fingerprint density at radius 2 is 2.03 bits per heavy atom. The fourth-order valence-corrected chi connectivity index (χ4v) is 3.97. The average molecular weight is 429 g/mol. The molecule has 0 N–H and O–H groups in total. The molecule has 3 aromatic heterocycles. The number of amides is 1. The number of piperazine rings is 1. The van der Waals surface area contributed by atoms with E-state index in [1.807, 2.05) is 17.5 Å². The second kappa shape index (κ2) is 9.31. The van der Waals surface area contributed by atoms with Crippen molar-refractivity contribution < 1.29 is 9.32 Å². The van der Waals surface area contributed by atoms with Crippen LogP contribution in [0.25, 0.3) is 10.7 Å². The van der Waals surface area contributed by atoms with E-state index < -0.39 is 0 Å². The molecule has 30 heavy (non-hydrogen) atoms. The van der Waals surface area contributed by atoms with Crippen LogP contribution in [0.2, 0.25) is 0 Å². The first-order valence-electron chi connectivity index (χ1n) is 10.1. The van der Waals surface area contributed by atoms with Gasteiger partial charge in [0.2, 0.25) is 11.7 Å². The van der Waals surface area contributed by atoms with Gasteiger partial charge in [0.05, 0.1) is 11.4 Å². The molecular weight excluding hydrogens is 404 g/mol. The molecule has 0 aliphatic carbocycles. The molecule has 1 saturated heterocycles. The van der Waals surface area contributed by atoms with Crippen molar-refractivity contribution in [2.24, 2.45) is 0 Å². The molecule has 0 unspecified atom stereocenters. The van der Waals surface area contributed by atoms with E-state index in [1.165, 1.54) is 16.8 Å².